The Morgan fingerprint density at radius 2 is 2.17 bits per heavy atom. The second-order valence-electron chi connectivity index (χ2n) is 6.63. The van der Waals surface area contributed by atoms with Crippen LogP contribution in [0.2, 0.25) is 5.02 Å². The fourth-order valence-electron chi connectivity index (χ4n) is 3.15. The van der Waals surface area contributed by atoms with Crippen LogP contribution in [0.1, 0.15) is 23.6 Å². The lowest BCUT2D eigenvalue weighted by molar-refractivity contribution is -0.118. The Morgan fingerprint density at radius 1 is 1.34 bits per heavy atom. The maximum Gasteiger partial charge on any atom is 0.262 e. The van der Waals surface area contributed by atoms with Crippen LogP contribution in [0.3, 0.4) is 0 Å². The Labute approximate surface area is 171 Å². The van der Waals surface area contributed by atoms with Gasteiger partial charge in [0.05, 0.1) is 12.5 Å². The van der Waals surface area contributed by atoms with Crippen LogP contribution < -0.4 is 15.4 Å². The summed E-state index contributed by atoms with van der Waals surface area (Å²) in [5.41, 5.74) is 2.28. The fraction of sp³-hybridized carbons (Fsp3) is 0.200. The largest absolute Gasteiger partial charge is 0.483 e. The van der Waals surface area contributed by atoms with E-state index in [4.69, 9.17) is 16.3 Å². The van der Waals surface area contributed by atoms with Crippen LogP contribution in [0.25, 0.3) is 0 Å². The lowest BCUT2D eigenvalue weighted by Gasteiger charge is -2.25. The first-order valence-electron chi connectivity index (χ1n) is 8.98. The first kappa shape index (κ1) is 18.9. The van der Waals surface area contributed by atoms with Crippen LogP contribution >= 0.6 is 11.6 Å². The number of para-hydroxylation sites is 1. The van der Waals surface area contributed by atoms with Crippen molar-refractivity contribution in [2.75, 3.05) is 17.2 Å². The number of amides is 2. The lowest BCUT2D eigenvalue weighted by Crippen LogP contribution is -2.29. The molecular formula is C20H18ClN5O3. The SMILES string of the molecule is Cc1ccc(NC(=O)COc2ccccc2[C@H]2CC(=O)Nc3ncnn32)cc1Cl. The molecule has 0 fully saturated rings. The van der Waals surface area contributed by atoms with Gasteiger partial charge < -0.3 is 10.1 Å². The summed E-state index contributed by atoms with van der Waals surface area (Å²) in [4.78, 5) is 28.4. The van der Waals surface area contributed by atoms with Gasteiger partial charge in [-0.3, -0.25) is 14.9 Å². The lowest BCUT2D eigenvalue weighted by atomic mass is 10.0. The Bertz CT molecular complexity index is 1080. The summed E-state index contributed by atoms with van der Waals surface area (Å²) in [5, 5.41) is 10.2. The average Bonchev–Trinajstić information content (AvgIpc) is 3.17. The molecule has 4 rings (SSSR count). The molecule has 0 spiro atoms. The van der Waals surface area contributed by atoms with Gasteiger partial charge in [-0.05, 0) is 30.7 Å². The smallest absolute Gasteiger partial charge is 0.262 e. The van der Waals surface area contributed by atoms with Gasteiger partial charge in [0, 0.05) is 16.3 Å². The molecule has 9 heteroatoms. The molecule has 1 atom stereocenters. The molecular weight excluding hydrogens is 394 g/mol. The van der Waals surface area contributed by atoms with Gasteiger partial charge in [-0.25, -0.2) is 4.68 Å². The Hall–Kier alpha value is -3.39. The number of nitrogens with zero attached hydrogens (tertiary/aromatic N) is 3. The van der Waals surface area contributed by atoms with Gasteiger partial charge in [0.1, 0.15) is 12.1 Å². The van der Waals surface area contributed by atoms with Crippen LogP contribution in [0.5, 0.6) is 5.75 Å². The van der Waals surface area contributed by atoms with E-state index in [2.05, 4.69) is 20.7 Å². The highest BCUT2D eigenvalue weighted by molar-refractivity contribution is 6.31. The number of carbonyl (C=O) groups excluding carboxylic acids is 2. The summed E-state index contributed by atoms with van der Waals surface area (Å²) in [7, 11) is 0. The number of rotatable bonds is 5. The molecule has 0 aliphatic carbocycles. The minimum atomic E-state index is -0.364. The van der Waals surface area contributed by atoms with Gasteiger partial charge in [0.15, 0.2) is 6.61 Å². The topological polar surface area (TPSA) is 98.1 Å². The minimum Gasteiger partial charge on any atom is -0.483 e. The molecule has 8 nitrogen and oxygen atoms in total. The predicted molar refractivity (Wildman–Crippen MR) is 108 cm³/mol. The van der Waals surface area contributed by atoms with Gasteiger partial charge in [-0.2, -0.15) is 10.1 Å². The third kappa shape index (κ3) is 4.07. The average molecular weight is 412 g/mol. The van der Waals surface area contributed by atoms with Gasteiger partial charge >= 0.3 is 0 Å². The van der Waals surface area contributed by atoms with Crippen molar-refractivity contribution in [1.29, 1.82) is 0 Å². The highest BCUT2D eigenvalue weighted by Crippen LogP contribution is 2.34. The first-order valence-corrected chi connectivity index (χ1v) is 9.36. The van der Waals surface area contributed by atoms with Crippen LogP contribution in [-0.4, -0.2) is 33.2 Å². The van der Waals surface area contributed by atoms with E-state index in [1.165, 1.54) is 6.33 Å². The number of aryl methyl sites for hydroxylation is 1. The molecule has 2 amide bonds. The van der Waals surface area contributed by atoms with E-state index in [1.54, 1.807) is 22.9 Å². The van der Waals surface area contributed by atoms with E-state index in [0.717, 1.165) is 11.1 Å². The van der Waals surface area contributed by atoms with Crippen LogP contribution in [-0.2, 0) is 9.59 Å². The third-order valence-electron chi connectivity index (χ3n) is 4.59. The number of anilines is 2. The second kappa shape index (κ2) is 7.92. The standard InChI is InChI=1S/C20H18ClN5O3/c1-12-6-7-13(8-15(12)21)24-19(28)10-29-17-5-3-2-4-14(17)16-9-18(27)25-20-22-11-23-26(16)20/h2-8,11,16H,9-10H2,1H3,(H,24,28)(H,22,23,25,27)/t16-/m1/s1. The number of fused-ring (bicyclic) bond motifs is 1. The number of hydrogen-bond donors (Lipinski definition) is 2. The van der Waals surface area contributed by atoms with E-state index < -0.39 is 0 Å². The van der Waals surface area contributed by atoms with Gasteiger partial charge in [0.2, 0.25) is 11.9 Å². The van der Waals surface area contributed by atoms with Crippen molar-refractivity contribution in [3.8, 4) is 5.75 Å². The summed E-state index contributed by atoms with van der Waals surface area (Å²) >= 11 is 6.09. The highest BCUT2D eigenvalue weighted by atomic mass is 35.5. The zero-order valence-electron chi connectivity index (χ0n) is 15.6. The van der Waals surface area contributed by atoms with Crippen molar-refractivity contribution in [3.05, 3.63) is 64.9 Å². The number of halogens is 1. The van der Waals surface area contributed by atoms with E-state index in [-0.39, 0.29) is 30.9 Å². The normalized spacial score (nSPS) is 15.4. The highest BCUT2D eigenvalue weighted by Gasteiger charge is 2.29. The molecule has 148 valence electrons. The third-order valence-corrected chi connectivity index (χ3v) is 5.00. The molecule has 2 N–H and O–H groups in total. The summed E-state index contributed by atoms with van der Waals surface area (Å²) < 4.78 is 7.40. The summed E-state index contributed by atoms with van der Waals surface area (Å²) in [5.74, 6) is 0.419. The number of carbonyl (C=O) groups is 2. The van der Waals surface area contributed by atoms with Gasteiger partial charge in [0.25, 0.3) is 5.91 Å². The van der Waals surface area contributed by atoms with Gasteiger partial charge in [-0.1, -0.05) is 35.9 Å². The van der Waals surface area contributed by atoms with Crippen molar-refractivity contribution in [2.24, 2.45) is 0 Å². The maximum absolute atomic E-state index is 12.3. The molecule has 0 saturated heterocycles. The van der Waals surface area contributed by atoms with E-state index >= 15 is 0 Å². The Morgan fingerprint density at radius 3 is 3.00 bits per heavy atom. The molecule has 1 aliphatic rings. The van der Waals surface area contributed by atoms with Crippen LogP contribution in [0.4, 0.5) is 11.6 Å². The minimum absolute atomic E-state index is 0.153. The number of benzene rings is 2. The molecule has 0 saturated carbocycles. The molecule has 3 aromatic rings. The molecule has 1 aliphatic heterocycles. The second-order valence-corrected chi connectivity index (χ2v) is 7.04. The molecule has 1 aromatic heterocycles. The molecule has 2 aromatic carbocycles. The van der Waals surface area contributed by atoms with Crippen molar-refractivity contribution in [1.82, 2.24) is 14.8 Å². The summed E-state index contributed by atoms with van der Waals surface area (Å²) in [6.45, 7) is 1.70. The number of nitrogens with one attached hydrogen (secondary N) is 2. The molecule has 0 bridgehead atoms. The Balaban J connectivity index is 1.49. The maximum atomic E-state index is 12.3. The van der Waals surface area contributed by atoms with E-state index in [1.807, 2.05) is 31.2 Å². The van der Waals surface area contributed by atoms with Crippen molar-refractivity contribution in [3.63, 3.8) is 0 Å². The molecule has 0 unspecified atom stereocenters. The zero-order chi connectivity index (χ0) is 20.4. The fourth-order valence-corrected chi connectivity index (χ4v) is 3.33. The molecule has 2 heterocycles. The quantitative estimate of drug-likeness (QED) is 0.671. The van der Waals surface area contributed by atoms with Crippen molar-refractivity contribution in [2.45, 2.75) is 19.4 Å². The van der Waals surface area contributed by atoms with E-state index in [0.29, 0.717) is 22.4 Å². The van der Waals surface area contributed by atoms with Crippen LogP contribution in [0, 0.1) is 6.92 Å². The molecule has 0 radical (unpaired) electrons. The Kier molecular flexibility index (Phi) is 5.18. The van der Waals surface area contributed by atoms with Crippen molar-refractivity contribution >= 4 is 35.1 Å². The van der Waals surface area contributed by atoms with Crippen LogP contribution in [0.15, 0.2) is 48.8 Å². The monoisotopic (exact) mass is 411 g/mol. The number of ether oxygens (including phenoxy) is 1. The van der Waals surface area contributed by atoms with Crippen molar-refractivity contribution < 1.29 is 14.3 Å². The summed E-state index contributed by atoms with van der Waals surface area (Å²) in [6.07, 6.45) is 1.59. The zero-order valence-corrected chi connectivity index (χ0v) is 16.3. The number of aromatic nitrogens is 3. The van der Waals surface area contributed by atoms with Gasteiger partial charge in [-0.15, -0.1) is 0 Å². The molecule has 29 heavy (non-hydrogen) atoms. The number of hydrogen-bond acceptors (Lipinski definition) is 5. The first-order chi connectivity index (χ1) is 14.0. The van der Waals surface area contributed by atoms with E-state index in [9.17, 15) is 9.59 Å². The summed E-state index contributed by atoms with van der Waals surface area (Å²) in [6, 6.07) is 12.2. The predicted octanol–water partition coefficient (Wildman–Crippen LogP) is 3.19.